The van der Waals surface area contributed by atoms with Crippen molar-refractivity contribution in [3.63, 3.8) is 0 Å². The zero-order valence-corrected chi connectivity index (χ0v) is 14.1. The minimum Gasteiger partial charge on any atom is -0.294 e. The summed E-state index contributed by atoms with van der Waals surface area (Å²) < 4.78 is 29.5. The topological polar surface area (TPSA) is 66.7 Å². The minimum atomic E-state index is -3.51. The van der Waals surface area contributed by atoms with Crippen molar-refractivity contribution < 1.29 is 8.42 Å². The summed E-state index contributed by atoms with van der Waals surface area (Å²) in [6.07, 6.45) is 1.96. The maximum atomic E-state index is 11.9. The Hall–Kier alpha value is -1.90. The van der Waals surface area contributed by atoms with Crippen LogP contribution in [0.25, 0.3) is 16.2 Å². The lowest BCUT2D eigenvalue weighted by Crippen LogP contribution is -2.28. The highest BCUT2D eigenvalue weighted by atomic mass is 32.2. The van der Waals surface area contributed by atoms with Gasteiger partial charge in [0.05, 0.1) is 11.4 Å². The van der Waals surface area contributed by atoms with Gasteiger partial charge in [0, 0.05) is 36.9 Å². The molecule has 2 aromatic heterocycles. The third-order valence-corrected chi connectivity index (χ3v) is 5.69. The lowest BCUT2D eigenvalue weighted by molar-refractivity contribution is 0.527. The maximum absolute atomic E-state index is 11.9. The SMILES string of the molecule is Cc1csc2nc(-c3cccc(NS(=O)(=O)N(C)C)c3)cn12. The molecule has 0 aliphatic rings. The van der Waals surface area contributed by atoms with Crippen LogP contribution in [0.15, 0.2) is 35.8 Å². The van der Waals surface area contributed by atoms with Crippen LogP contribution in [0.2, 0.25) is 0 Å². The number of aromatic nitrogens is 2. The summed E-state index contributed by atoms with van der Waals surface area (Å²) in [5.74, 6) is 0. The molecule has 0 bridgehead atoms. The van der Waals surface area contributed by atoms with E-state index in [1.54, 1.807) is 23.5 Å². The first kappa shape index (κ1) is 15.0. The highest BCUT2D eigenvalue weighted by Crippen LogP contribution is 2.25. The van der Waals surface area contributed by atoms with E-state index in [1.165, 1.54) is 14.1 Å². The number of nitrogens with zero attached hydrogens (tertiary/aromatic N) is 3. The Bertz CT molecular complexity index is 925. The van der Waals surface area contributed by atoms with Gasteiger partial charge >= 0.3 is 10.2 Å². The van der Waals surface area contributed by atoms with E-state index in [4.69, 9.17) is 0 Å². The first-order chi connectivity index (χ1) is 10.4. The number of aryl methyl sites for hydroxylation is 1. The van der Waals surface area contributed by atoms with Gasteiger partial charge in [0.2, 0.25) is 0 Å². The third kappa shape index (κ3) is 2.72. The molecule has 0 spiro atoms. The van der Waals surface area contributed by atoms with E-state index in [2.05, 4.69) is 9.71 Å². The molecular weight excluding hydrogens is 320 g/mol. The van der Waals surface area contributed by atoms with E-state index >= 15 is 0 Å². The van der Waals surface area contributed by atoms with E-state index in [9.17, 15) is 8.42 Å². The van der Waals surface area contributed by atoms with Crippen LogP contribution < -0.4 is 4.72 Å². The molecule has 6 nitrogen and oxygen atoms in total. The molecule has 1 aromatic carbocycles. The van der Waals surface area contributed by atoms with Crippen LogP contribution in [-0.4, -0.2) is 36.2 Å². The van der Waals surface area contributed by atoms with Crippen molar-refractivity contribution >= 4 is 32.2 Å². The van der Waals surface area contributed by atoms with E-state index in [0.717, 1.165) is 26.2 Å². The summed E-state index contributed by atoms with van der Waals surface area (Å²) in [5, 5.41) is 2.05. The van der Waals surface area contributed by atoms with Crippen molar-refractivity contribution in [1.82, 2.24) is 13.7 Å². The van der Waals surface area contributed by atoms with Crippen LogP contribution in [-0.2, 0) is 10.2 Å². The average molecular weight is 336 g/mol. The van der Waals surface area contributed by atoms with E-state index in [1.807, 2.05) is 35.0 Å². The maximum Gasteiger partial charge on any atom is 0.301 e. The molecule has 0 saturated heterocycles. The molecule has 1 N–H and O–H groups in total. The van der Waals surface area contributed by atoms with Crippen LogP contribution in [0.5, 0.6) is 0 Å². The van der Waals surface area contributed by atoms with E-state index < -0.39 is 10.2 Å². The monoisotopic (exact) mass is 336 g/mol. The summed E-state index contributed by atoms with van der Waals surface area (Å²) in [6, 6.07) is 7.22. The Balaban J connectivity index is 1.97. The lowest BCUT2D eigenvalue weighted by atomic mass is 10.1. The van der Waals surface area contributed by atoms with Gasteiger partial charge in [0.25, 0.3) is 0 Å². The van der Waals surface area contributed by atoms with Gasteiger partial charge in [-0.15, -0.1) is 11.3 Å². The standard InChI is InChI=1S/C14H16N4O2S2/c1-10-9-21-14-15-13(8-18(10)14)11-5-4-6-12(7-11)16-22(19,20)17(2)3/h4-9,16H,1-3H3. The zero-order chi connectivity index (χ0) is 15.9. The van der Waals surface area contributed by atoms with Crippen molar-refractivity contribution in [3.05, 3.63) is 41.5 Å². The molecule has 3 aromatic rings. The first-order valence-corrected chi connectivity index (χ1v) is 8.93. The van der Waals surface area contributed by atoms with Gasteiger partial charge in [-0.05, 0) is 19.1 Å². The predicted octanol–water partition coefficient (Wildman–Crippen LogP) is 2.59. The van der Waals surface area contributed by atoms with Gasteiger partial charge in [0.1, 0.15) is 0 Å². The number of rotatable bonds is 4. The molecule has 116 valence electrons. The Morgan fingerprint density at radius 3 is 2.77 bits per heavy atom. The molecule has 0 amide bonds. The van der Waals surface area contributed by atoms with Gasteiger partial charge in [0.15, 0.2) is 4.96 Å². The van der Waals surface area contributed by atoms with E-state index in [0.29, 0.717) is 5.69 Å². The largest absolute Gasteiger partial charge is 0.301 e. The molecule has 0 aliphatic heterocycles. The molecule has 0 atom stereocenters. The second-order valence-electron chi connectivity index (χ2n) is 5.13. The van der Waals surface area contributed by atoms with Crippen molar-refractivity contribution in [2.45, 2.75) is 6.92 Å². The number of benzene rings is 1. The van der Waals surface area contributed by atoms with Crippen LogP contribution in [0.1, 0.15) is 5.69 Å². The predicted molar refractivity (Wildman–Crippen MR) is 89.5 cm³/mol. The quantitative estimate of drug-likeness (QED) is 0.796. The van der Waals surface area contributed by atoms with Crippen LogP contribution in [0.4, 0.5) is 5.69 Å². The molecule has 3 rings (SSSR count). The number of anilines is 1. The zero-order valence-electron chi connectivity index (χ0n) is 12.4. The number of fused-ring (bicyclic) bond motifs is 1. The smallest absolute Gasteiger partial charge is 0.294 e. The fraction of sp³-hybridized carbons (Fsp3) is 0.214. The highest BCUT2D eigenvalue weighted by molar-refractivity contribution is 7.90. The van der Waals surface area contributed by atoms with Gasteiger partial charge in [-0.25, -0.2) is 4.98 Å². The Morgan fingerprint density at radius 1 is 1.32 bits per heavy atom. The second-order valence-corrected chi connectivity index (χ2v) is 7.85. The Labute approximate surface area is 133 Å². The molecule has 0 saturated carbocycles. The van der Waals surface area contributed by atoms with Gasteiger partial charge < -0.3 is 0 Å². The number of hydrogen-bond acceptors (Lipinski definition) is 4. The fourth-order valence-corrected chi connectivity index (χ4v) is 3.47. The molecule has 0 aliphatic carbocycles. The molecular formula is C14H16N4O2S2. The fourth-order valence-electron chi connectivity index (χ4n) is 2.02. The summed E-state index contributed by atoms with van der Waals surface area (Å²) in [5.41, 5.74) is 3.33. The summed E-state index contributed by atoms with van der Waals surface area (Å²) in [7, 11) is -0.542. The number of nitrogens with one attached hydrogen (secondary N) is 1. The van der Waals surface area contributed by atoms with E-state index in [-0.39, 0.29) is 0 Å². The average Bonchev–Trinajstić information content (AvgIpc) is 3.01. The first-order valence-electron chi connectivity index (χ1n) is 6.61. The summed E-state index contributed by atoms with van der Waals surface area (Å²) >= 11 is 1.58. The molecule has 22 heavy (non-hydrogen) atoms. The molecule has 0 fully saturated rings. The summed E-state index contributed by atoms with van der Waals surface area (Å²) in [6.45, 7) is 2.02. The Morgan fingerprint density at radius 2 is 2.09 bits per heavy atom. The highest BCUT2D eigenvalue weighted by Gasteiger charge is 2.14. The van der Waals surface area contributed by atoms with Crippen molar-refractivity contribution in [2.75, 3.05) is 18.8 Å². The lowest BCUT2D eigenvalue weighted by Gasteiger charge is -2.13. The van der Waals surface area contributed by atoms with Crippen LogP contribution >= 0.6 is 11.3 Å². The number of thiazole rings is 1. The number of imidazole rings is 1. The third-order valence-electron chi connectivity index (χ3n) is 3.27. The van der Waals surface area contributed by atoms with Crippen molar-refractivity contribution in [2.24, 2.45) is 0 Å². The molecule has 0 radical (unpaired) electrons. The summed E-state index contributed by atoms with van der Waals surface area (Å²) in [4.78, 5) is 5.49. The molecule has 2 heterocycles. The van der Waals surface area contributed by atoms with Crippen molar-refractivity contribution in [3.8, 4) is 11.3 Å². The van der Waals surface area contributed by atoms with Gasteiger partial charge in [-0.1, -0.05) is 12.1 Å². The Kier molecular flexibility index (Phi) is 3.67. The normalized spacial score (nSPS) is 12.2. The number of hydrogen-bond donors (Lipinski definition) is 1. The van der Waals surface area contributed by atoms with Gasteiger partial charge in [-0.2, -0.15) is 12.7 Å². The van der Waals surface area contributed by atoms with Gasteiger partial charge in [-0.3, -0.25) is 9.12 Å². The van der Waals surface area contributed by atoms with Crippen LogP contribution in [0, 0.1) is 6.92 Å². The molecule has 0 unspecified atom stereocenters. The minimum absolute atomic E-state index is 0.513. The van der Waals surface area contributed by atoms with Crippen LogP contribution in [0.3, 0.4) is 0 Å². The van der Waals surface area contributed by atoms with Crippen molar-refractivity contribution in [1.29, 1.82) is 0 Å². The molecule has 8 heteroatoms. The second kappa shape index (κ2) is 5.38.